The Hall–Kier alpha value is -3.61. The number of carbonyl (C=O) groups is 1. The summed E-state index contributed by atoms with van der Waals surface area (Å²) in [6.07, 6.45) is -1.22. The van der Waals surface area contributed by atoms with Gasteiger partial charge in [-0.1, -0.05) is 24.3 Å². The fourth-order valence-corrected chi connectivity index (χ4v) is 3.08. The summed E-state index contributed by atoms with van der Waals surface area (Å²) in [5.41, 5.74) is 1.66. The van der Waals surface area contributed by atoms with Gasteiger partial charge in [0.05, 0.1) is 0 Å². The van der Waals surface area contributed by atoms with Crippen molar-refractivity contribution in [1.82, 2.24) is 9.97 Å². The van der Waals surface area contributed by atoms with E-state index in [0.717, 1.165) is 0 Å². The molecule has 0 radical (unpaired) electrons. The molecule has 0 saturated heterocycles. The summed E-state index contributed by atoms with van der Waals surface area (Å²) in [6.45, 7) is 3.54. The van der Waals surface area contributed by atoms with Crippen molar-refractivity contribution in [3.8, 4) is 22.9 Å². The largest absolute Gasteiger partial charge is 0.482 e. The molecule has 0 saturated carbocycles. The van der Waals surface area contributed by atoms with Crippen molar-refractivity contribution >= 4 is 11.6 Å². The number of nitrogens with zero attached hydrogens (tertiary/aromatic N) is 1. The standard InChI is InChI=1S/C21H19N3O4/c1-12-10-18(25)24-20(22-12)14-6-5-7-15(11-14)23-21(26)19-13(2)27-16-8-3-4-9-17(16)28-19/h3-11,13,19H,1-2H3,(H,23,26)(H,22,24,25). The number of H-pyrrole nitrogens is 1. The van der Waals surface area contributed by atoms with Gasteiger partial charge in [-0.2, -0.15) is 0 Å². The third kappa shape index (κ3) is 3.59. The van der Waals surface area contributed by atoms with Gasteiger partial charge in [-0.25, -0.2) is 4.98 Å². The van der Waals surface area contributed by atoms with Gasteiger partial charge in [-0.05, 0) is 38.1 Å². The number of aromatic nitrogens is 2. The summed E-state index contributed by atoms with van der Waals surface area (Å²) in [5.74, 6) is 1.29. The Morgan fingerprint density at radius 1 is 1.07 bits per heavy atom. The fraction of sp³-hybridized carbons (Fsp3) is 0.190. The highest BCUT2D eigenvalue weighted by atomic mass is 16.6. The van der Waals surface area contributed by atoms with E-state index in [9.17, 15) is 9.59 Å². The molecule has 2 atom stereocenters. The minimum absolute atomic E-state index is 0.225. The Kier molecular flexibility index (Phi) is 4.57. The maximum Gasteiger partial charge on any atom is 0.269 e. The van der Waals surface area contributed by atoms with Crippen LogP contribution >= 0.6 is 0 Å². The topological polar surface area (TPSA) is 93.3 Å². The van der Waals surface area contributed by atoms with E-state index in [2.05, 4.69) is 15.3 Å². The number of carbonyl (C=O) groups excluding carboxylic acids is 1. The molecule has 0 spiro atoms. The first-order chi connectivity index (χ1) is 13.5. The molecule has 2 N–H and O–H groups in total. The lowest BCUT2D eigenvalue weighted by Gasteiger charge is -2.31. The third-order valence-electron chi connectivity index (χ3n) is 4.37. The van der Waals surface area contributed by atoms with Crippen molar-refractivity contribution < 1.29 is 14.3 Å². The number of aryl methyl sites for hydroxylation is 1. The predicted octanol–water partition coefficient (Wildman–Crippen LogP) is 2.91. The molecule has 1 amide bonds. The number of hydrogen-bond acceptors (Lipinski definition) is 5. The van der Waals surface area contributed by atoms with Crippen molar-refractivity contribution in [2.24, 2.45) is 0 Å². The number of rotatable bonds is 3. The Morgan fingerprint density at radius 2 is 1.82 bits per heavy atom. The smallest absolute Gasteiger partial charge is 0.269 e. The Morgan fingerprint density at radius 3 is 2.57 bits per heavy atom. The Labute approximate surface area is 161 Å². The van der Waals surface area contributed by atoms with Crippen LogP contribution < -0.4 is 20.3 Å². The molecule has 4 rings (SSSR count). The number of ether oxygens (including phenoxy) is 2. The zero-order chi connectivity index (χ0) is 19.7. The number of nitrogens with one attached hydrogen (secondary N) is 2. The van der Waals surface area contributed by atoms with E-state index in [1.54, 1.807) is 44.2 Å². The predicted molar refractivity (Wildman–Crippen MR) is 105 cm³/mol. The molecule has 1 aromatic heterocycles. The van der Waals surface area contributed by atoms with E-state index < -0.39 is 12.2 Å². The minimum Gasteiger partial charge on any atom is -0.482 e. The third-order valence-corrected chi connectivity index (χ3v) is 4.37. The molecule has 0 fully saturated rings. The molecule has 2 unspecified atom stereocenters. The monoisotopic (exact) mass is 377 g/mol. The van der Waals surface area contributed by atoms with Crippen molar-refractivity contribution in [3.05, 3.63) is 70.6 Å². The van der Waals surface area contributed by atoms with Gasteiger partial charge >= 0.3 is 0 Å². The van der Waals surface area contributed by atoms with Crippen LogP contribution in [0.1, 0.15) is 12.6 Å². The number of aromatic amines is 1. The summed E-state index contributed by atoms with van der Waals surface area (Å²) < 4.78 is 11.6. The van der Waals surface area contributed by atoms with Crippen molar-refractivity contribution in [1.29, 1.82) is 0 Å². The maximum absolute atomic E-state index is 12.8. The molecule has 3 aromatic rings. The second-order valence-corrected chi connectivity index (χ2v) is 6.61. The SMILES string of the molecule is Cc1cc(=O)[nH]c(-c2cccc(NC(=O)C3Oc4ccccc4OC3C)c2)n1. The average molecular weight is 377 g/mol. The lowest BCUT2D eigenvalue weighted by molar-refractivity contribution is -0.128. The van der Waals surface area contributed by atoms with Gasteiger partial charge < -0.3 is 19.8 Å². The first kappa shape index (κ1) is 17.8. The van der Waals surface area contributed by atoms with Gasteiger partial charge in [0.25, 0.3) is 11.5 Å². The van der Waals surface area contributed by atoms with Gasteiger partial charge in [-0.15, -0.1) is 0 Å². The molecule has 1 aliphatic rings. The number of benzene rings is 2. The summed E-state index contributed by atoms with van der Waals surface area (Å²) in [6, 6.07) is 15.8. The number of anilines is 1. The minimum atomic E-state index is -0.782. The molecule has 2 aromatic carbocycles. The molecule has 142 valence electrons. The molecule has 7 heteroatoms. The number of hydrogen-bond donors (Lipinski definition) is 2. The first-order valence-corrected chi connectivity index (χ1v) is 8.91. The summed E-state index contributed by atoms with van der Waals surface area (Å²) >= 11 is 0. The molecule has 28 heavy (non-hydrogen) atoms. The summed E-state index contributed by atoms with van der Waals surface area (Å²) in [5, 5.41) is 2.85. The van der Waals surface area contributed by atoms with Crippen LogP contribution in [-0.2, 0) is 4.79 Å². The molecule has 1 aliphatic heterocycles. The number of fused-ring (bicyclic) bond motifs is 1. The van der Waals surface area contributed by atoms with E-state index >= 15 is 0 Å². The number of amides is 1. The molecular weight excluding hydrogens is 358 g/mol. The quantitative estimate of drug-likeness (QED) is 0.732. The van der Waals surface area contributed by atoms with E-state index in [4.69, 9.17) is 9.47 Å². The maximum atomic E-state index is 12.8. The fourth-order valence-electron chi connectivity index (χ4n) is 3.08. The van der Waals surface area contributed by atoms with Crippen LogP contribution in [0.4, 0.5) is 5.69 Å². The van der Waals surface area contributed by atoms with E-state index in [0.29, 0.717) is 34.3 Å². The Bertz CT molecular complexity index is 1090. The molecule has 0 aliphatic carbocycles. The van der Waals surface area contributed by atoms with Crippen LogP contribution in [0.15, 0.2) is 59.4 Å². The number of para-hydroxylation sites is 2. The summed E-state index contributed by atoms with van der Waals surface area (Å²) in [4.78, 5) is 31.5. The van der Waals surface area contributed by atoms with E-state index in [1.165, 1.54) is 6.07 Å². The van der Waals surface area contributed by atoms with Crippen molar-refractivity contribution in [2.45, 2.75) is 26.1 Å². The first-order valence-electron chi connectivity index (χ1n) is 8.91. The lowest BCUT2D eigenvalue weighted by Crippen LogP contribution is -2.46. The van der Waals surface area contributed by atoms with Crippen LogP contribution in [0.5, 0.6) is 11.5 Å². The summed E-state index contributed by atoms with van der Waals surface area (Å²) in [7, 11) is 0. The second kappa shape index (κ2) is 7.19. The normalized spacial score (nSPS) is 17.8. The Balaban J connectivity index is 1.55. The van der Waals surface area contributed by atoms with Crippen LogP contribution in [0, 0.1) is 6.92 Å². The van der Waals surface area contributed by atoms with Crippen LogP contribution in [0.2, 0.25) is 0 Å². The molecule has 0 bridgehead atoms. The molecule has 7 nitrogen and oxygen atoms in total. The molecule has 2 heterocycles. The highest BCUT2D eigenvalue weighted by Gasteiger charge is 2.34. The van der Waals surface area contributed by atoms with Gasteiger partial charge in [-0.3, -0.25) is 9.59 Å². The van der Waals surface area contributed by atoms with Gasteiger partial charge in [0.15, 0.2) is 11.5 Å². The van der Waals surface area contributed by atoms with Gasteiger partial charge in [0, 0.05) is 23.0 Å². The highest BCUT2D eigenvalue weighted by molar-refractivity contribution is 5.95. The van der Waals surface area contributed by atoms with Gasteiger partial charge in [0.2, 0.25) is 6.10 Å². The average Bonchev–Trinajstić information content (AvgIpc) is 2.67. The van der Waals surface area contributed by atoms with Crippen LogP contribution in [0.25, 0.3) is 11.4 Å². The molecular formula is C21H19N3O4. The van der Waals surface area contributed by atoms with E-state index in [1.807, 2.05) is 18.2 Å². The van der Waals surface area contributed by atoms with Crippen LogP contribution in [0.3, 0.4) is 0 Å². The second-order valence-electron chi connectivity index (χ2n) is 6.61. The van der Waals surface area contributed by atoms with Gasteiger partial charge in [0.1, 0.15) is 11.9 Å². The lowest BCUT2D eigenvalue weighted by atomic mass is 10.1. The highest BCUT2D eigenvalue weighted by Crippen LogP contribution is 2.33. The van der Waals surface area contributed by atoms with Crippen molar-refractivity contribution in [3.63, 3.8) is 0 Å². The van der Waals surface area contributed by atoms with Crippen LogP contribution in [-0.4, -0.2) is 28.1 Å². The zero-order valence-corrected chi connectivity index (χ0v) is 15.4. The zero-order valence-electron chi connectivity index (χ0n) is 15.4. The van der Waals surface area contributed by atoms with E-state index in [-0.39, 0.29) is 11.5 Å². The van der Waals surface area contributed by atoms with Crippen molar-refractivity contribution in [2.75, 3.05) is 5.32 Å².